The first kappa shape index (κ1) is 18.0. The number of rotatable bonds is 5. The Kier molecular flexibility index (Phi) is 7.15. The van der Waals surface area contributed by atoms with E-state index in [2.05, 4.69) is 29.6 Å². The van der Waals surface area contributed by atoms with Gasteiger partial charge in [0, 0.05) is 37.6 Å². The second-order valence-corrected chi connectivity index (χ2v) is 5.61. The molecule has 1 aromatic carbocycles. The van der Waals surface area contributed by atoms with Gasteiger partial charge in [0.05, 0.1) is 0 Å². The molecular weight excluding hydrogens is 288 g/mol. The van der Waals surface area contributed by atoms with Crippen LogP contribution in [0.5, 0.6) is 0 Å². The summed E-state index contributed by atoms with van der Waals surface area (Å²) in [5.74, 6) is -0.100. The minimum Gasteiger partial charge on any atom is -0.381 e. The Labute approximate surface area is 132 Å². The van der Waals surface area contributed by atoms with Gasteiger partial charge in [0.2, 0.25) is 5.91 Å². The van der Waals surface area contributed by atoms with E-state index in [1.807, 2.05) is 13.0 Å². The molecule has 0 bridgehead atoms. The van der Waals surface area contributed by atoms with Gasteiger partial charge in [-0.2, -0.15) is 0 Å². The number of hydrogen-bond donors (Lipinski definition) is 2. The summed E-state index contributed by atoms with van der Waals surface area (Å²) in [5, 5.41) is 3.07. The van der Waals surface area contributed by atoms with Gasteiger partial charge in [-0.05, 0) is 18.4 Å². The van der Waals surface area contributed by atoms with Gasteiger partial charge in [0.1, 0.15) is 0 Å². The second kappa shape index (κ2) is 8.37. The quantitative estimate of drug-likeness (QED) is 0.872. The lowest BCUT2D eigenvalue weighted by molar-refractivity contribution is -0.124. The highest BCUT2D eigenvalue weighted by molar-refractivity contribution is 5.85. The Balaban J connectivity index is 0.00000220. The predicted octanol–water partition coefficient (Wildman–Crippen LogP) is 1.87. The molecule has 1 amide bonds. The molecule has 3 N–H and O–H groups in total. The molecule has 5 heteroatoms. The number of carbonyl (C=O) groups is 1. The molecule has 1 saturated heterocycles. The summed E-state index contributed by atoms with van der Waals surface area (Å²) in [4.78, 5) is 12.0. The lowest BCUT2D eigenvalue weighted by Crippen LogP contribution is -2.46. The molecule has 1 fully saturated rings. The van der Waals surface area contributed by atoms with Crippen LogP contribution in [0.25, 0.3) is 0 Å². The number of halogens is 1. The van der Waals surface area contributed by atoms with Crippen molar-refractivity contribution >= 4 is 18.3 Å². The summed E-state index contributed by atoms with van der Waals surface area (Å²) >= 11 is 0. The number of nitrogens with one attached hydrogen (secondary N) is 1. The summed E-state index contributed by atoms with van der Waals surface area (Å²) in [6.07, 6.45) is 1.88. The van der Waals surface area contributed by atoms with E-state index in [9.17, 15) is 4.79 Å². The monoisotopic (exact) mass is 312 g/mol. The Morgan fingerprint density at radius 3 is 2.52 bits per heavy atom. The molecule has 0 spiro atoms. The Morgan fingerprint density at radius 1 is 1.33 bits per heavy atom. The number of carbonyl (C=O) groups excluding carboxylic acids is 1. The zero-order chi connectivity index (χ0) is 14.4. The van der Waals surface area contributed by atoms with Crippen LogP contribution in [0.15, 0.2) is 30.3 Å². The summed E-state index contributed by atoms with van der Waals surface area (Å²) in [7, 11) is 0. The number of benzene rings is 1. The summed E-state index contributed by atoms with van der Waals surface area (Å²) < 4.78 is 5.49. The Morgan fingerprint density at radius 2 is 1.95 bits per heavy atom. The van der Waals surface area contributed by atoms with Gasteiger partial charge < -0.3 is 15.8 Å². The zero-order valence-corrected chi connectivity index (χ0v) is 13.3. The smallest absolute Gasteiger partial charge is 0.224 e. The SMILES string of the molecule is CC(CN)C(=O)NCC1(c2ccccc2)CCOCC1.Cl. The summed E-state index contributed by atoms with van der Waals surface area (Å²) in [6.45, 7) is 4.39. The van der Waals surface area contributed by atoms with Gasteiger partial charge in [-0.15, -0.1) is 12.4 Å². The molecule has 4 nitrogen and oxygen atoms in total. The van der Waals surface area contributed by atoms with Gasteiger partial charge in [0.15, 0.2) is 0 Å². The third-order valence-electron chi connectivity index (χ3n) is 4.24. The molecule has 0 aromatic heterocycles. The van der Waals surface area contributed by atoms with Crippen LogP contribution in [0.2, 0.25) is 0 Å². The molecule has 1 unspecified atom stereocenters. The van der Waals surface area contributed by atoms with E-state index in [-0.39, 0.29) is 29.6 Å². The van der Waals surface area contributed by atoms with E-state index in [1.165, 1.54) is 5.56 Å². The normalized spacial score (nSPS) is 18.4. The van der Waals surface area contributed by atoms with Crippen LogP contribution in [-0.4, -0.2) is 32.2 Å². The number of ether oxygens (including phenoxy) is 1. The van der Waals surface area contributed by atoms with Crippen molar-refractivity contribution in [2.45, 2.75) is 25.2 Å². The topological polar surface area (TPSA) is 64.4 Å². The molecule has 0 saturated carbocycles. The fourth-order valence-corrected chi connectivity index (χ4v) is 2.66. The van der Waals surface area contributed by atoms with Crippen molar-refractivity contribution in [1.82, 2.24) is 5.32 Å². The molecule has 1 heterocycles. The van der Waals surface area contributed by atoms with Crippen LogP contribution in [0.4, 0.5) is 0 Å². The van der Waals surface area contributed by atoms with Crippen LogP contribution < -0.4 is 11.1 Å². The minimum absolute atomic E-state index is 0. The second-order valence-electron chi connectivity index (χ2n) is 5.61. The average molecular weight is 313 g/mol. The largest absolute Gasteiger partial charge is 0.381 e. The number of hydrogen-bond acceptors (Lipinski definition) is 3. The van der Waals surface area contributed by atoms with Crippen LogP contribution in [0, 0.1) is 5.92 Å². The molecule has 21 heavy (non-hydrogen) atoms. The van der Waals surface area contributed by atoms with Crippen LogP contribution in [0.1, 0.15) is 25.3 Å². The third kappa shape index (κ3) is 4.43. The minimum atomic E-state index is -0.136. The zero-order valence-electron chi connectivity index (χ0n) is 12.5. The van der Waals surface area contributed by atoms with Gasteiger partial charge in [-0.1, -0.05) is 37.3 Å². The maximum absolute atomic E-state index is 12.0. The van der Waals surface area contributed by atoms with Crippen molar-refractivity contribution in [1.29, 1.82) is 0 Å². The summed E-state index contributed by atoms with van der Waals surface area (Å²) in [6, 6.07) is 10.4. The van der Waals surface area contributed by atoms with E-state index in [0.717, 1.165) is 26.1 Å². The number of amides is 1. The highest BCUT2D eigenvalue weighted by Crippen LogP contribution is 2.34. The van der Waals surface area contributed by atoms with Crippen molar-refractivity contribution in [2.75, 3.05) is 26.3 Å². The fraction of sp³-hybridized carbons (Fsp3) is 0.562. The lowest BCUT2D eigenvalue weighted by atomic mass is 9.74. The first-order valence-electron chi connectivity index (χ1n) is 7.29. The maximum atomic E-state index is 12.0. The highest BCUT2D eigenvalue weighted by atomic mass is 35.5. The number of nitrogens with two attached hydrogens (primary N) is 1. The predicted molar refractivity (Wildman–Crippen MR) is 86.6 cm³/mol. The van der Waals surface area contributed by atoms with E-state index >= 15 is 0 Å². The summed E-state index contributed by atoms with van der Waals surface area (Å²) in [5.41, 5.74) is 6.82. The maximum Gasteiger partial charge on any atom is 0.224 e. The van der Waals surface area contributed by atoms with E-state index in [1.54, 1.807) is 0 Å². The third-order valence-corrected chi connectivity index (χ3v) is 4.24. The van der Waals surface area contributed by atoms with Crippen LogP contribution in [-0.2, 0) is 14.9 Å². The van der Waals surface area contributed by atoms with Crippen LogP contribution >= 0.6 is 12.4 Å². The van der Waals surface area contributed by atoms with Crippen LogP contribution in [0.3, 0.4) is 0 Å². The van der Waals surface area contributed by atoms with E-state index < -0.39 is 0 Å². The molecule has 1 atom stereocenters. The molecular formula is C16H25ClN2O2. The molecule has 0 aliphatic carbocycles. The van der Waals surface area contributed by atoms with E-state index in [4.69, 9.17) is 10.5 Å². The Bertz CT molecular complexity index is 433. The van der Waals surface area contributed by atoms with Crippen molar-refractivity contribution < 1.29 is 9.53 Å². The average Bonchev–Trinajstić information content (AvgIpc) is 2.53. The molecule has 1 aliphatic heterocycles. The van der Waals surface area contributed by atoms with Gasteiger partial charge in [-0.25, -0.2) is 0 Å². The van der Waals surface area contributed by atoms with Crippen molar-refractivity contribution in [2.24, 2.45) is 11.7 Å². The lowest BCUT2D eigenvalue weighted by Gasteiger charge is -2.38. The van der Waals surface area contributed by atoms with Gasteiger partial charge in [-0.3, -0.25) is 4.79 Å². The molecule has 0 radical (unpaired) electrons. The van der Waals surface area contributed by atoms with Crippen molar-refractivity contribution in [3.63, 3.8) is 0 Å². The first-order chi connectivity index (χ1) is 9.68. The highest BCUT2D eigenvalue weighted by Gasteiger charge is 2.34. The van der Waals surface area contributed by atoms with Crippen molar-refractivity contribution in [3.05, 3.63) is 35.9 Å². The van der Waals surface area contributed by atoms with Gasteiger partial charge in [0.25, 0.3) is 0 Å². The molecule has 1 aromatic rings. The first-order valence-corrected chi connectivity index (χ1v) is 7.29. The fourth-order valence-electron chi connectivity index (χ4n) is 2.66. The van der Waals surface area contributed by atoms with E-state index in [0.29, 0.717) is 13.1 Å². The Hall–Kier alpha value is -1.10. The van der Waals surface area contributed by atoms with Crippen molar-refractivity contribution in [3.8, 4) is 0 Å². The molecule has 2 rings (SSSR count). The molecule has 118 valence electrons. The van der Waals surface area contributed by atoms with Gasteiger partial charge >= 0.3 is 0 Å². The standard InChI is InChI=1S/C16H24N2O2.ClH/c1-13(11-17)15(19)18-12-16(7-9-20-10-8-16)14-5-3-2-4-6-14;/h2-6,13H,7-12,17H2,1H3,(H,18,19);1H. The molecule has 1 aliphatic rings.